The molecule has 0 saturated carbocycles. The molecular weight excluding hydrogens is 346 g/mol. The lowest BCUT2D eigenvalue weighted by Gasteiger charge is -2.12. The Hall–Kier alpha value is -2.59. The number of methoxy groups -OCH3 is 1. The Bertz CT molecular complexity index is 1100. The van der Waals surface area contributed by atoms with Crippen LogP contribution in [0.25, 0.3) is 33.2 Å². The van der Waals surface area contributed by atoms with E-state index in [2.05, 4.69) is 35.7 Å². The van der Waals surface area contributed by atoms with Crippen LogP contribution in [0.5, 0.6) is 5.75 Å². The summed E-state index contributed by atoms with van der Waals surface area (Å²) in [5, 5.41) is 1.48. The Morgan fingerprint density at radius 3 is 2.54 bits per heavy atom. The molecule has 0 spiro atoms. The van der Waals surface area contributed by atoms with Crippen molar-refractivity contribution in [3.63, 3.8) is 0 Å². The summed E-state index contributed by atoms with van der Waals surface area (Å²) in [6.45, 7) is 4.39. The second-order valence-corrected chi connectivity index (χ2v) is 6.80. The van der Waals surface area contributed by atoms with E-state index >= 15 is 0 Å². The van der Waals surface area contributed by atoms with E-state index in [-0.39, 0.29) is 0 Å². The van der Waals surface area contributed by atoms with E-state index in [1.165, 1.54) is 0 Å². The molecule has 0 fully saturated rings. The van der Waals surface area contributed by atoms with Crippen LogP contribution in [0.3, 0.4) is 0 Å². The van der Waals surface area contributed by atoms with Gasteiger partial charge in [-0.25, -0.2) is 9.97 Å². The molecule has 0 aliphatic heterocycles. The maximum absolute atomic E-state index is 6.52. The molecule has 0 radical (unpaired) electrons. The van der Waals surface area contributed by atoms with E-state index in [9.17, 15) is 0 Å². The third kappa shape index (κ3) is 2.71. The number of ether oxygens (including phenoxy) is 1. The lowest BCUT2D eigenvalue weighted by Crippen LogP contribution is -2.01. The smallest absolute Gasteiger partial charge is 0.156 e. The highest BCUT2D eigenvalue weighted by Crippen LogP contribution is 2.37. The van der Waals surface area contributed by atoms with E-state index in [1.54, 1.807) is 7.11 Å². The Morgan fingerprint density at radius 2 is 1.85 bits per heavy atom. The largest absolute Gasteiger partial charge is 0.497 e. The first-order valence-electron chi connectivity index (χ1n) is 8.73. The van der Waals surface area contributed by atoms with Crippen LogP contribution in [0.1, 0.15) is 26.3 Å². The summed E-state index contributed by atoms with van der Waals surface area (Å²) in [5.74, 6) is 0.811. The molecule has 0 aliphatic carbocycles. The minimum atomic E-state index is 0.367. The Kier molecular flexibility index (Phi) is 4.29. The highest BCUT2D eigenvalue weighted by atomic mass is 35.5. The van der Waals surface area contributed by atoms with E-state index in [4.69, 9.17) is 21.3 Å². The van der Waals surface area contributed by atoms with E-state index in [0.717, 1.165) is 39.7 Å². The summed E-state index contributed by atoms with van der Waals surface area (Å²) < 4.78 is 7.71. The van der Waals surface area contributed by atoms with Crippen molar-refractivity contribution in [1.29, 1.82) is 0 Å². The molecular formula is C21H20ClN3O. The van der Waals surface area contributed by atoms with Crippen molar-refractivity contribution in [3.05, 3.63) is 53.8 Å². The summed E-state index contributed by atoms with van der Waals surface area (Å²) in [5.41, 5.74) is 4.44. The summed E-state index contributed by atoms with van der Waals surface area (Å²) in [4.78, 5) is 9.34. The van der Waals surface area contributed by atoms with E-state index in [0.29, 0.717) is 16.9 Å². The fourth-order valence-electron chi connectivity index (χ4n) is 3.26. The van der Waals surface area contributed by atoms with Crippen molar-refractivity contribution in [1.82, 2.24) is 14.5 Å². The van der Waals surface area contributed by atoms with Crippen molar-refractivity contribution in [2.45, 2.75) is 26.3 Å². The van der Waals surface area contributed by atoms with Crippen LogP contribution in [0, 0.1) is 0 Å². The molecule has 0 saturated heterocycles. The van der Waals surface area contributed by atoms with Crippen molar-refractivity contribution in [2.75, 3.05) is 7.11 Å². The predicted molar refractivity (Wildman–Crippen MR) is 107 cm³/mol. The maximum Gasteiger partial charge on any atom is 0.156 e. The number of rotatable bonds is 4. The monoisotopic (exact) mass is 365 g/mol. The van der Waals surface area contributed by atoms with Crippen LogP contribution in [-0.2, 0) is 0 Å². The minimum absolute atomic E-state index is 0.367. The fourth-order valence-corrected chi connectivity index (χ4v) is 3.50. The summed E-state index contributed by atoms with van der Waals surface area (Å²) in [6.07, 6.45) is 3.16. The fraction of sp³-hybridized carbons (Fsp3) is 0.238. The molecule has 0 aliphatic rings. The predicted octanol–water partition coefficient (Wildman–Crippen LogP) is 5.88. The SMILES string of the molecule is CCC(C)n1cc(-c2nc3ccccc3nc2Cl)c2cc(OC)ccc21. The molecule has 5 heteroatoms. The van der Waals surface area contributed by atoms with Crippen molar-refractivity contribution in [2.24, 2.45) is 0 Å². The van der Waals surface area contributed by atoms with Gasteiger partial charge in [0.1, 0.15) is 11.4 Å². The number of nitrogens with zero attached hydrogens (tertiary/aromatic N) is 3. The van der Waals surface area contributed by atoms with Gasteiger partial charge < -0.3 is 9.30 Å². The average molecular weight is 366 g/mol. The van der Waals surface area contributed by atoms with Gasteiger partial charge in [0.15, 0.2) is 5.15 Å². The highest BCUT2D eigenvalue weighted by molar-refractivity contribution is 6.32. The zero-order valence-electron chi connectivity index (χ0n) is 15.0. The second-order valence-electron chi connectivity index (χ2n) is 6.44. The Morgan fingerprint density at radius 1 is 1.12 bits per heavy atom. The number of aromatic nitrogens is 3. The average Bonchev–Trinajstić information content (AvgIpc) is 3.05. The first-order valence-corrected chi connectivity index (χ1v) is 9.11. The van der Waals surface area contributed by atoms with Crippen molar-refractivity contribution in [3.8, 4) is 17.0 Å². The van der Waals surface area contributed by atoms with Crippen LogP contribution < -0.4 is 4.74 Å². The lowest BCUT2D eigenvalue weighted by molar-refractivity contribution is 0.415. The lowest BCUT2D eigenvalue weighted by atomic mass is 10.1. The van der Waals surface area contributed by atoms with Gasteiger partial charge in [0.2, 0.25) is 0 Å². The van der Waals surface area contributed by atoms with Crippen molar-refractivity contribution >= 4 is 33.5 Å². The van der Waals surface area contributed by atoms with Crippen LogP contribution in [0.2, 0.25) is 5.15 Å². The summed E-state index contributed by atoms with van der Waals surface area (Å²) >= 11 is 6.52. The third-order valence-corrected chi connectivity index (χ3v) is 5.15. The van der Waals surface area contributed by atoms with Gasteiger partial charge in [0.05, 0.1) is 18.1 Å². The van der Waals surface area contributed by atoms with E-state index in [1.807, 2.05) is 36.4 Å². The molecule has 2 heterocycles. The standard InChI is InChI=1S/C21H20ClN3O/c1-4-13(2)25-12-16(15-11-14(26-3)9-10-19(15)25)20-21(22)24-18-8-6-5-7-17(18)23-20/h5-13H,4H2,1-3H3. The van der Waals surface area contributed by atoms with Gasteiger partial charge in [-0.1, -0.05) is 30.7 Å². The van der Waals surface area contributed by atoms with Gasteiger partial charge in [-0.2, -0.15) is 0 Å². The Labute approximate surface area is 157 Å². The number of hydrogen-bond acceptors (Lipinski definition) is 3. The molecule has 0 bridgehead atoms. The molecule has 132 valence electrons. The molecule has 2 aromatic carbocycles. The first-order chi connectivity index (χ1) is 12.6. The number of halogens is 1. The van der Waals surface area contributed by atoms with Gasteiger partial charge in [0.25, 0.3) is 0 Å². The molecule has 4 rings (SSSR count). The van der Waals surface area contributed by atoms with Gasteiger partial charge in [0, 0.05) is 28.7 Å². The zero-order valence-corrected chi connectivity index (χ0v) is 15.8. The Balaban J connectivity index is 2.03. The maximum atomic E-state index is 6.52. The third-order valence-electron chi connectivity index (χ3n) is 4.89. The molecule has 1 unspecified atom stereocenters. The summed E-state index contributed by atoms with van der Waals surface area (Å²) in [6, 6.07) is 14.3. The van der Waals surface area contributed by atoms with Gasteiger partial charge in [-0.3, -0.25) is 0 Å². The zero-order chi connectivity index (χ0) is 18.3. The summed E-state index contributed by atoms with van der Waals surface area (Å²) in [7, 11) is 1.68. The first kappa shape index (κ1) is 16.9. The van der Waals surface area contributed by atoms with Crippen molar-refractivity contribution < 1.29 is 4.74 Å². The normalized spacial score (nSPS) is 12.6. The molecule has 1 atom stereocenters. The number of fused-ring (bicyclic) bond motifs is 2. The number of benzene rings is 2. The van der Waals surface area contributed by atoms with Gasteiger partial charge in [-0.05, 0) is 43.7 Å². The van der Waals surface area contributed by atoms with Gasteiger partial charge in [-0.15, -0.1) is 0 Å². The molecule has 4 aromatic rings. The highest BCUT2D eigenvalue weighted by Gasteiger charge is 2.18. The molecule has 0 N–H and O–H groups in total. The molecule has 4 nitrogen and oxygen atoms in total. The quantitative estimate of drug-likeness (QED) is 0.453. The van der Waals surface area contributed by atoms with Crippen LogP contribution in [0.15, 0.2) is 48.7 Å². The minimum Gasteiger partial charge on any atom is -0.497 e. The number of hydrogen-bond donors (Lipinski definition) is 0. The number of para-hydroxylation sites is 2. The second kappa shape index (κ2) is 6.61. The van der Waals surface area contributed by atoms with Crippen LogP contribution >= 0.6 is 11.6 Å². The van der Waals surface area contributed by atoms with Gasteiger partial charge >= 0.3 is 0 Å². The van der Waals surface area contributed by atoms with E-state index < -0.39 is 0 Å². The topological polar surface area (TPSA) is 39.9 Å². The molecule has 2 aromatic heterocycles. The molecule has 0 amide bonds. The van der Waals surface area contributed by atoms with Crippen LogP contribution in [-0.4, -0.2) is 21.6 Å². The molecule has 26 heavy (non-hydrogen) atoms. The van der Waals surface area contributed by atoms with Crippen LogP contribution in [0.4, 0.5) is 0 Å².